The van der Waals surface area contributed by atoms with Crippen LogP contribution in [-0.4, -0.2) is 28.9 Å². The number of hydrogen-bond donors (Lipinski definition) is 1. The topological polar surface area (TPSA) is 68.0 Å². The minimum Gasteiger partial charge on any atom is -0.416 e. The Balaban J connectivity index is 1.88. The minimum absolute atomic E-state index is 0.0348. The fourth-order valence-electron chi connectivity index (χ4n) is 1.99. The molecule has 1 aromatic rings. The van der Waals surface area contributed by atoms with Crippen LogP contribution in [0.25, 0.3) is 0 Å². The molecule has 6 heteroatoms. The van der Waals surface area contributed by atoms with Crippen LogP contribution in [0.2, 0.25) is 0 Å². The van der Waals surface area contributed by atoms with Crippen molar-refractivity contribution >= 4 is 17.7 Å². The van der Waals surface area contributed by atoms with Gasteiger partial charge < -0.3 is 9.73 Å². The highest BCUT2D eigenvalue weighted by Crippen LogP contribution is 2.32. The lowest BCUT2D eigenvalue weighted by atomic mass is 9.89. The molecule has 17 heavy (non-hydrogen) atoms. The molecular formula is C11H17N3O2S. The van der Waals surface area contributed by atoms with Crippen LogP contribution in [0.1, 0.15) is 43.9 Å². The second kappa shape index (κ2) is 6.05. The fourth-order valence-corrected chi connectivity index (χ4v) is 2.63. The molecule has 0 aromatic carbocycles. The summed E-state index contributed by atoms with van der Waals surface area (Å²) in [5.41, 5.74) is 0. The fraction of sp³-hybridized carbons (Fsp3) is 0.727. The van der Waals surface area contributed by atoms with E-state index in [9.17, 15) is 4.79 Å². The molecule has 1 aromatic heterocycles. The zero-order chi connectivity index (χ0) is 12.1. The monoisotopic (exact) mass is 255 g/mol. The molecule has 1 heterocycles. The second-order valence-corrected chi connectivity index (χ2v) is 5.13. The number of carbonyl (C=O) groups is 1. The van der Waals surface area contributed by atoms with Gasteiger partial charge in [-0.1, -0.05) is 31.0 Å². The van der Waals surface area contributed by atoms with Crippen LogP contribution in [0.15, 0.2) is 9.64 Å². The molecule has 1 saturated carbocycles. The summed E-state index contributed by atoms with van der Waals surface area (Å²) in [6, 6.07) is 0. The quantitative estimate of drug-likeness (QED) is 0.833. The van der Waals surface area contributed by atoms with E-state index in [-0.39, 0.29) is 5.91 Å². The zero-order valence-corrected chi connectivity index (χ0v) is 10.8. The third-order valence-corrected chi connectivity index (χ3v) is 3.80. The Bertz CT molecular complexity index is 375. The summed E-state index contributed by atoms with van der Waals surface area (Å²) in [6.45, 7) is 0. The van der Waals surface area contributed by atoms with Gasteiger partial charge in [0.2, 0.25) is 11.8 Å². The van der Waals surface area contributed by atoms with Crippen molar-refractivity contribution < 1.29 is 9.21 Å². The Kier molecular flexibility index (Phi) is 4.42. The molecule has 2 rings (SSSR count). The van der Waals surface area contributed by atoms with Gasteiger partial charge >= 0.3 is 0 Å². The highest BCUT2D eigenvalue weighted by molar-refractivity contribution is 7.99. The summed E-state index contributed by atoms with van der Waals surface area (Å²) in [5, 5.41) is 11.1. The SMILES string of the molecule is CNC(=O)CSc1nnc(C2CCCCC2)o1. The lowest BCUT2D eigenvalue weighted by Crippen LogP contribution is -2.19. The van der Waals surface area contributed by atoms with Crippen molar-refractivity contribution in [1.82, 2.24) is 15.5 Å². The summed E-state index contributed by atoms with van der Waals surface area (Å²) in [6.07, 6.45) is 6.08. The van der Waals surface area contributed by atoms with Gasteiger partial charge in [0.25, 0.3) is 5.22 Å². The van der Waals surface area contributed by atoms with Crippen LogP contribution >= 0.6 is 11.8 Å². The molecule has 0 saturated heterocycles. The van der Waals surface area contributed by atoms with Gasteiger partial charge in [0.15, 0.2) is 0 Å². The predicted octanol–water partition coefficient (Wildman–Crippen LogP) is 1.96. The van der Waals surface area contributed by atoms with Crippen LogP contribution in [0.4, 0.5) is 0 Å². The summed E-state index contributed by atoms with van der Waals surface area (Å²) >= 11 is 1.29. The molecule has 1 aliphatic rings. The average molecular weight is 255 g/mol. The van der Waals surface area contributed by atoms with Crippen LogP contribution in [0.5, 0.6) is 0 Å². The van der Waals surface area contributed by atoms with Gasteiger partial charge in [-0.05, 0) is 12.8 Å². The predicted molar refractivity (Wildman–Crippen MR) is 64.9 cm³/mol. The van der Waals surface area contributed by atoms with Crippen molar-refractivity contribution in [1.29, 1.82) is 0 Å². The molecule has 5 nitrogen and oxygen atoms in total. The van der Waals surface area contributed by atoms with Crippen molar-refractivity contribution in [3.63, 3.8) is 0 Å². The van der Waals surface area contributed by atoms with E-state index < -0.39 is 0 Å². The highest BCUT2D eigenvalue weighted by Gasteiger charge is 2.21. The maximum Gasteiger partial charge on any atom is 0.277 e. The van der Waals surface area contributed by atoms with Gasteiger partial charge in [0.1, 0.15) is 0 Å². The Morgan fingerprint density at radius 1 is 1.41 bits per heavy atom. The number of nitrogens with one attached hydrogen (secondary N) is 1. The van der Waals surface area contributed by atoms with E-state index in [0.717, 1.165) is 18.7 Å². The first-order valence-electron chi connectivity index (χ1n) is 5.96. The third-order valence-electron chi connectivity index (χ3n) is 2.98. The van der Waals surface area contributed by atoms with Crippen LogP contribution < -0.4 is 5.32 Å². The number of thioether (sulfide) groups is 1. The molecule has 0 unspecified atom stereocenters. The molecule has 0 bridgehead atoms. The molecular weight excluding hydrogens is 238 g/mol. The van der Waals surface area contributed by atoms with Gasteiger partial charge in [0.05, 0.1) is 5.75 Å². The van der Waals surface area contributed by atoms with Gasteiger partial charge in [-0.2, -0.15) is 0 Å². The number of aromatic nitrogens is 2. The van der Waals surface area contributed by atoms with Crippen LogP contribution in [-0.2, 0) is 4.79 Å². The standard InChI is InChI=1S/C11H17N3O2S/c1-12-9(15)7-17-11-14-13-10(16-11)8-5-3-2-4-6-8/h8H,2-7H2,1H3,(H,12,15). The summed E-state index contributed by atoms with van der Waals surface area (Å²) in [4.78, 5) is 11.1. The first-order chi connectivity index (χ1) is 8.29. The van der Waals surface area contributed by atoms with Gasteiger partial charge in [0, 0.05) is 13.0 Å². The Hall–Kier alpha value is -1.04. The van der Waals surface area contributed by atoms with E-state index in [0.29, 0.717) is 16.9 Å². The number of carbonyl (C=O) groups excluding carboxylic acids is 1. The van der Waals surface area contributed by atoms with Crippen molar-refractivity contribution in [2.24, 2.45) is 0 Å². The molecule has 1 aliphatic carbocycles. The van der Waals surface area contributed by atoms with Crippen LogP contribution in [0, 0.1) is 0 Å². The molecule has 0 atom stereocenters. The van der Waals surface area contributed by atoms with E-state index in [1.54, 1.807) is 7.05 Å². The van der Waals surface area contributed by atoms with E-state index >= 15 is 0 Å². The van der Waals surface area contributed by atoms with E-state index in [1.165, 1.54) is 31.0 Å². The van der Waals surface area contributed by atoms with E-state index in [2.05, 4.69) is 15.5 Å². The Morgan fingerprint density at radius 2 is 2.18 bits per heavy atom. The molecule has 0 spiro atoms. The zero-order valence-electron chi connectivity index (χ0n) is 9.94. The minimum atomic E-state index is -0.0348. The number of rotatable bonds is 4. The lowest BCUT2D eigenvalue weighted by molar-refractivity contribution is -0.118. The van der Waals surface area contributed by atoms with Gasteiger partial charge in [-0.25, -0.2) is 0 Å². The first-order valence-corrected chi connectivity index (χ1v) is 6.95. The largest absolute Gasteiger partial charge is 0.416 e. The molecule has 1 N–H and O–H groups in total. The third kappa shape index (κ3) is 3.46. The second-order valence-electron chi connectivity index (χ2n) is 4.20. The first kappa shape index (κ1) is 12.4. The molecule has 0 aliphatic heterocycles. The lowest BCUT2D eigenvalue weighted by Gasteiger charge is -2.17. The normalized spacial score (nSPS) is 17.0. The molecule has 1 amide bonds. The molecule has 0 radical (unpaired) electrons. The number of amides is 1. The maximum absolute atomic E-state index is 11.1. The summed E-state index contributed by atoms with van der Waals surface area (Å²) in [5.74, 6) is 1.45. The van der Waals surface area contributed by atoms with Crippen molar-refractivity contribution in [3.05, 3.63) is 5.89 Å². The van der Waals surface area contributed by atoms with E-state index in [4.69, 9.17) is 4.42 Å². The molecule has 94 valence electrons. The number of nitrogens with zero attached hydrogens (tertiary/aromatic N) is 2. The maximum atomic E-state index is 11.1. The van der Waals surface area contributed by atoms with E-state index in [1.807, 2.05) is 0 Å². The van der Waals surface area contributed by atoms with Crippen molar-refractivity contribution in [2.45, 2.75) is 43.2 Å². The van der Waals surface area contributed by atoms with Crippen LogP contribution in [0.3, 0.4) is 0 Å². The van der Waals surface area contributed by atoms with Gasteiger partial charge in [-0.15, -0.1) is 10.2 Å². The smallest absolute Gasteiger partial charge is 0.277 e. The van der Waals surface area contributed by atoms with Crippen molar-refractivity contribution in [3.8, 4) is 0 Å². The van der Waals surface area contributed by atoms with Crippen molar-refractivity contribution in [2.75, 3.05) is 12.8 Å². The Labute approximate surface area is 105 Å². The summed E-state index contributed by atoms with van der Waals surface area (Å²) < 4.78 is 5.58. The van der Waals surface area contributed by atoms with Gasteiger partial charge in [-0.3, -0.25) is 4.79 Å². The highest BCUT2D eigenvalue weighted by atomic mass is 32.2. The average Bonchev–Trinajstić information content (AvgIpc) is 2.86. The number of hydrogen-bond acceptors (Lipinski definition) is 5. The molecule has 1 fully saturated rings. The summed E-state index contributed by atoms with van der Waals surface area (Å²) in [7, 11) is 1.62. The Morgan fingerprint density at radius 3 is 2.88 bits per heavy atom.